The summed E-state index contributed by atoms with van der Waals surface area (Å²) in [5.74, 6) is -0.645. The van der Waals surface area contributed by atoms with Crippen LogP contribution in [-0.4, -0.2) is 78.2 Å². The lowest BCUT2D eigenvalue weighted by Gasteiger charge is -2.26. The number of aliphatic hydroxyl groups excluding tert-OH is 3. The van der Waals surface area contributed by atoms with Crippen molar-refractivity contribution in [3.63, 3.8) is 0 Å². The third-order valence-electron chi connectivity index (χ3n) is 2.44. The number of amides is 2. The summed E-state index contributed by atoms with van der Waals surface area (Å²) in [4.78, 5) is 22.9. The first-order valence-electron chi connectivity index (χ1n) is 5.61. The summed E-state index contributed by atoms with van der Waals surface area (Å²) >= 11 is 0. The van der Waals surface area contributed by atoms with Gasteiger partial charge in [0.05, 0.1) is 13.2 Å². The van der Waals surface area contributed by atoms with E-state index in [2.05, 4.69) is 5.32 Å². The fraction of sp³-hybridized carbons (Fsp3) is 0.636. The van der Waals surface area contributed by atoms with Crippen molar-refractivity contribution in [3.05, 3.63) is 12.3 Å². The predicted octanol–water partition coefficient (Wildman–Crippen LogP) is -2.57. The Morgan fingerprint density at radius 2 is 2.11 bits per heavy atom. The number of hydrogen-bond donors (Lipinski definition) is 4. The smallest absolute Gasteiger partial charge is 0.254 e. The summed E-state index contributed by atoms with van der Waals surface area (Å²) < 4.78 is 4.75. The minimum atomic E-state index is -1.42. The van der Waals surface area contributed by atoms with Gasteiger partial charge in [0.15, 0.2) is 0 Å². The van der Waals surface area contributed by atoms with Gasteiger partial charge >= 0.3 is 0 Å². The Morgan fingerprint density at radius 3 is 2.53 bits per heavy atom. The third kappa shape index (κ3) is 5.79. The van der Waals surface area contributed by atoms with Crippen LogP contribution in [-0.2, 0) is 14.3 Å². The zero-order valence-electron chi connectivity index (χ0n) is 10.9. The number of nitrogens with zero attached hydrogens (tertiary/aromatic N) is 1. The standard InChI is InChI=1S/C11H20N2O6/c1-12-4-3-10(17)13(7-15)5-8(16)11(18)9(6-14)19-2/h3-4,7-9,11-12,14,16,18H,5-6H2,1-2H3/b4-3-. The van der Waals surface area contributed by atoms with E-state index >= 15 is 0 Å². The monoisotopic (exact) mass is 276 g/mol. The molecule has 0 aromatic rings. The molecule has 0 fully saturated rings. The molecular weight excluding hydrogens is 256 g/mol. The van der Waals surface area contributed by atoms with E-state index in [4.69, 9.17) is 9.84 Å². The molecule has 0 saturated carbocycles. The number of ether oxygens (including phenoxy) is 1. The zero-order valence-corrected chi connectivity index (χ0v) is 10.9. The summed E-state index contributed by atoms with van der Waals surface area (Å²) in [6.45, 7) is -0.902. The highest BCUT2D eigenvalue weighted by Crippen LogP contribution is 2.05. The van der Waals surface area contributed by atoms with Crippen LogP contribution in [0.25, 0.3) is 0 Å². The van der Waals surface area contributed by atoms with Crippen molar-refractivity contribution < 1.29 is 29.6 Å². The van der Waals surface area contributed by atoms with Crippen LogP contribution in [0, 0.1) is 0 Å². The maximum absolute atomic E-state index is 11.5. The predicted molar refractivity (Wildman–Crippen MR) is 65.9 cm³/mol. The molecule has 3 unspecified atom stereocenters. The van der Waals surface area contributed by atoms with E-state index in [0.29, 0.717) is 4.90 Å². The molecule has 0 radical (unpaired) electrons. The van der Waals surface area contributed by atoms with Gasteiger partial charge in [-0.15, -0.1) is 0 Å². The van der Waals surface area contributed by atoms with Crippen molar-refractivity contribution in [2.45, 2.75) is 18.3 Å². The third-order valence-corrected chi connectivity index (χ3v) is 2.44. The molecule has 0 saturated heterocycles. The summed E-state index contributed by atoms with van der Waals surface area (Å²) in [5, 5.41) is 30.8. The van der Waals surface area contributed by atoms with E-state index in [1.807, 2.05) is 0 Å². The number of hydrogen-bond acceptors (Lipinski definition) is 7. The first-order chi connectivity index (χ1) is 9.01. The van der Waals surface area contributed by atoms with Gasteiger partial charge in [-0.25, -0.2) is 0 Å². The lowest BCUT2D eigenvalue weighted by molar-refractivity contribution is -0.140. The average Bonchev–Trinajstić information content (AvgIpc) is 2.42. The second-order valence-corrected chi connectivity index (χ2v) is 3.73. The lowest BCUT2D eigenvalue weighted by atomic mass is 10.1. The summed E-state index contributed by atoms with van der Waals surface area (Å²) in [5.41, 5.74) is 0. The summed E-state index contributed by atoms with van der Waals surface area (Å²) in [6.07, 6.45) is -1.15. The number of rotatable bonds is 9. The maximum Gasteiger partial charge on any atom is 0.254 e. The molecular formula is C11H20N2O6. The van der Waals surface area contributed by atoms with Crippen LogP contribution in [0.5, 0.6) is 0 Å². The van der Waals surface area contributed by atoms with Crippen LogP contribution in [0.4, 0.5) is 0 Å². The van der Waals surface area contributed by atoms with Crippen LogP contribution in [0.15, 0.2) is 12.3 Å². The Morgan fingerprint density at radius 1 is 1.47 bits per heavy atom. The summed E-state index contributed by atoms with van der Waals surface area (Å²) in [6, 6.07) is 0. The minimum Gasteiger partial charge on any atom is -0.394 e. The first kappa shape index (κ1) is 17.5. The molecule has 3 atom stereocenters. The topological polar surface area (TPSA) is 119 Å². The second-order valence-electron chi connectivity index (χ2n) is 3.73. The van der Waals surface area contributed by atoms with Crippen molar-refractivity contribution in [2.75, 3.05) is 27.3 Å². The normalized spacial score (nSPS) is 15.8. The summed E-state index contributed by atoms with van der Waals surface area (Å²) in [7, 11) is 2.84. The van der Waals surface area contributed by atoms with Gasteiger partial charge in [0.1, 0.15) is 18.3 Å². The fourth-order valence-corrected chi connectivity index (χ4v) is 1.31. The average molecular weight is 276 g/mol. The van der Waals surface area contributed by atoms with Gasteiger partial charge in [0.25, 0.3) is 5.91 Å². The molecule has 0 aliphatic carbocycles. The Balaban J connectivity index is 4.57. The quantitative estimate of drug-likeness (QED) is 0.270. The number of imide groups is 1. The molecule has 110 valence electrons. The van der Waals surface area contributed by atoms with Crippen LogP contribution in [0.1, 0.15) is 0 Å². The highest BCUT2D eigenvalue weighted by atomic mass is 16.5. The van der Waals surface area contributed by atoms with E-state index in [1.54, 1.807) is 7.05 Å². The molecule has 0 bridgehead atoms. The van der Waals surface area contributed by atoms with E-state index in [-0.39, 0.29) is 6.41 Å². The van der Waals surface area contributed by atoms with Crippen LogP contribution >= 0.6 is 0 Å². The minimum absolute atomic E-state index is 0.249. The molecule has 4 N–H and O–H groups in total. The maximum atomic E-state index is 11.5. The van der Waals surface area contributed by atoms with Crippen molar-refractivity contribution in [2.24, 2.45) is 0 Å². The molecule has 0 aliphatic heterocycles. The molecule has 0 aromatic heterocycles. The molecule has 19 heavy (non-hydrogen) atoms. The molecule has 0 aromatic carbocycles. The number of methoxy groups -OCH3 is 1. The Hall–Kier alpha value is -1.48. The number of nitrogens with one attached hydrogen (secondary N) is 1. The lowest BCUT2D eigenvalue weighted by Crippen LogP contribution is -2.47. The van der Waals surface area contributed by atoms with Crippen molar-refractivity contribution in [3.8, 4) is 0 Å². The van der Waals surface area contributed by atoms with Gasteiger partial charge in [0, 0.05) is 26.4 Å². The fourth-order valence-electron chi connectivity index (χ4n) is 1.31. The second kappa shape index (κ2) is 9.45. The van der Waals surface area contributed by atoms with Crippen LogP contribution in [0.3, 0.4) is 0 Å². The molecule has 0 heterocycles. The van der Waals surface area contributed by atoms with E-state index in [1.165, 1.54) is 13.3 Å². The largest absolute Gasteiger partial charge is 0.394 e. The van der Waals surface area contributed by atoms with E-state index < -0.39 is 37.4 Å². The molecule has 2 amide bonds. The van der Waals surface area contributed by atoms with E-state index in [9.17, 15) is 19.8 Å². The molecule has 0 spiro atoms. The zero-order chi connectivity index (χ0) is 14.8. The molecule has 8 nitrogen and oxygen atoms in total. The van der Waals surface area contributed by atoms with Crippen LogP contribution < -0.4 is 5.32 Å². The van der Waals surface area contributed by atoms with Gasteiger partial charge in [0.2, 0.25) is 6.41 Å². The van der Waals surface area contributed by atoms with Gasteiger partial charge in [-0.05, 0) is 0 Å². The Labute approximate surface area is 111 Å². The van der Waals surface area contributed by atoms with Crippen molar-refractivity contribution in [1.82, 2.24) is 10.2 Å². The molecule has 0 rings (SSSR count). The molecule has 8 heteroatoms. The SMILES string of the molecule is CN/C=C\C(=O)N(C=O)CC(O)C(O)C(CO)OC. The highest BCUT2D eigenvalue weighted by Gasteiger charge is 2.28. The Bertz CT molecular complexity index is 306. The number of carbonyl (C=O) groups is 2. The van der Waals surface area contributed by atoms with Gasteiger partial charge in [-0.3, -0.25) is 14.5 Å². The van der Waals surface area contributed by atoms with Crippen LogP contribution in [0.2, 0.25) is 0 Å². The Kier molecular flexibility index (Phi) is 8.71. The van der Waals surface area contributed by atoms with Gasteiger partial charge in [-0.2, -0.15) is 0 Å². The van der Waals surface area contributed by atoms with Crippen molar-refractivity contribution in [1.29, 1.82) is 0 Å². The van der Waals surface area contributed by atoms with Gasteiger partial charge in [-0.1, -0.05) is 0 Å². The van der Waals surface area contributed by atoms with Gasteiger partial charge < -0.3 is 25.4 Å². The number of carbonyl (C=O) groups excluding carboxylic acids is 2. The first-order valence-corrected chi connectivity index (χ1v) is 5.61. The van der Waals surface area contributed by atoms with Crippen molar-refractivity contribution >= 4 is 12.3 Å². The number of aliphatic hydroxyl groups is 3. The highest BCUT2D eigenvalue weighted by molar-refractivity contribution is 5.94. The van der Waals surface area contributed by atoms with E-state index in [0.717, 1.165) is 6.08 Å². The molecule has 0 aliphatic rings.